The predicted octanol–water partition coefficient (Wildman–Crippen LogP) is 17.1. The molecule has 0 saturated carbocycles. The monoisotopic (exact) mass is 806 g/mol. The van der Waals surface area contributed by atoms with Gasteiger partial charge in [0.15, 0.2) is 11.5 Å². The standard InChI is InChI=1S/C60H42N2O/c1-5-13-43(14-6-1)47-21-31-53(32-22-47)61(54-33-23-48(24-34-54)44-15-7-2-8-16-44)55-35-27-50(28-36-55)52-30-40-58-60(42-52)63-59-41-51(46-19-11-4-12-20-46)29-39-57(59)62(58)56-37-25-49(26-38-56)45-17-9-3-10-18-45/h1-42H. The Labute approximate surface area is 369 Å². The Balaban J connectivity index is 0.949. The normalized spacial score (nSPS) is 11.6. The van der Waals surface area contributed by atoms with Gasteiger partial charge >= 0.3 is 0 Å². The second kappa shape index (κ2) is 16.6. The van der Waals surface area contributed by atoms with Gasteiger partial charge in [-0.1, -0.05) is 182 Å². The zero-order chi connectivity index (χ0) is 42.0. The van der Waals surface area contributed by atoms with E-state index in [2.05, 4.69) is 259 Å². The molecule has 10 aromatic rings. The number of benzene rings is 10. The van der Waals surface area contributed by atoms with Crippen molar-refractivity contribution in [2.45, 2.75) is 0 Å². The molecular weight excluding hydrogens is 765 g/mol. The molecule has 10 aromatic carbocycles. The summed E-state index contributed by atoms with van der Waals surface area (Å²) < 4.78 is 6.86. The lowest BCUT2D eigenvalue weighted by atomic mass is 10.00. The highest BCUT2D eigenvalue weighted by molar-refractivity contribution is 5.90. The minimum absolute atomic E-state index is 0.806. The first kappa shape index (κ1) is 37.6. The van der Waals surface area contributed by atoms with E-state index in [4.69, 9.17) is 4.74 Å². The summed E-state index contributed by atoms with van der Waals surface area (Å²) in [5.41, 5.74) is 17.9. The Morgan fingerprint density at radius 3 is 0.873 bits per heavy atom. The van der Waals surface area contributed by atoms with Crippen LogP contribution >= 0.6 is 0 Å². The number of ether oxygens (including phenoxy) is 1. The summed E-state index contributed by atoms with van der Waals surface area (Å²) in [6.45, 7) is 0. The van der Waals surface area contributed by atoms with Gasteiger partial charge in [0.1, 0.15) is 0 Å². The molecule has 0 aliphatic carbocycles. The lowest BCUT2D eigenvalue weighted by Crippen LogP contribution is -2.16. The van der Waals surface area contributed by atoms with Crippen LogP contribution in [0.25, 0.3) is 55.6 Å². The first-order valence-electron chi connectivity index (χ1n) is 21.4. The van der Waals surface area contributed by atoms with Crippen molar-refractivity contribution < 1.29 is 4.74 Å². The third kappa shape index (κ3) is 7.54. The molecule has 0 N–H and O–H groups in total. The van der Waals surface area contributed by atoms with Crippen molar-refractivity contribution in [3.63, 3.8) is 0 Å². The Morgan fingerprint density at radius 2 is 0.524 bits per heavy atom. The van der Waals surface area contributed by atoms with E-state index in [0.717, 1.165) is 67.9 Å². The number of rotatable bonds is 9. The molecule has 1 heterocycles. The molecule has 0 amide bonds. The third-order valence-electron chi connectivity index (χ3n) is 11.9. The van der Waals surface area contributed by atoms with Crippen LogP contribution in [-0.4, -0.2) is 0 Å². The highest BCUT2D eigenvalue weighted by Gasteiger charge is 2.27. The van der Waals surface area contributed by atoms with Crippen LogP contribution in [0.5, 0.6) is 11.5 Å². The second-order valence-electron chi connectivity index (χ2n) is 15.8. The lowest BCUT2D eigenvalue weighted by molar-refractivity contribution is 0.477. The fourth-order valence-electron chi connectivity index (χ4n) is 8.63. The van der Waals surface area contributed by atoms with Gasteiger partial charge in [0.2, 0.25) is 0 Å². The molecule has 298 valence electrons. The molecule has 0 radical (unpaired) electrons. The van der Waals surface area contributed by atoms with E-state index in [0.29, 0.717) is 0 Å². The summed E-state index contributed by atoms with van der Waals surface area (Å²) in [6, 6.07) is 90.5. The van der Waals surface area contributed by atoms with Gasteiger partial charge in [-0.05, 0) is 128 Å². The van der Waals surface area contributed by atoms with E-state index in [1.54, 1.807) is 0 Å². The van der Waals surface area contributed by atoms with Crippen molar-refractivity contribution in [1.29, 1.82) is 0 Å². The van der Waals surface area contributed by atoms with Crippen molar-refractivity contribution in [2.24, 2.45) is 0 Å². The van der Waals surface area contributed by atoms with Crippen LogP contribution < -0.4 is 14.5 Å². The smallest absolute Gasteiger partial charge is 0.152 e. The number of hydrogen-bond donors (Lipinski definition) is 0. The number of fused-ring (bicyclic) bond motifs is 2. The van der Waals surface area contributed by atoms with Crippen LogP contribution in [0.2, 0.25) is 0 Å². The van der Waals surface area contributed by atoms with E-state index in [-0.39, 0.29) is 0 Å². The average Bonchev–Trinajstić information content (AvgIpc) is 3.37. The molecule has 0 spiro atoms. The van der Waals surface area contributed by atoms with Gasteiger partial charge in [-0.25, -0.2) is 0 Å². The molecule has 0 fully saturated rings. The molecule has 1 aliphatic rings. The summed E-state index contributed by atoms with van der Waals surface area (Å²) in [5, 5.41) is 0. The zero-order valence-corrected chi connectivity index (χ0v) is 34.6. The first-order valence-corrected chi connectivity index (χ1v) is 21.4. The fourth-order valence-corrected chi connectivity index (χ4v) is 8.63. The second-order valence-corrected chi connectivity index (χ2v) is 15.8. The Hall–Kier alpha value is -8.40. The highest BCUT2D eigenvalue weighted by Crippen LogP contribution is 2.52. The van der Waals surface area contributed by atoms with Crippen LogP contribution in [0.4, 0.5) is 34.1 Å². The van der Waals surface area contributed by atoms with Crippen molar-refractivity contribution in [1.82, 2.24) is 0 Å². The van der Waals surface area contributed by atoms with Gasteiger partial charge in [-0.15, -0.1) is 0 Å². The number of anilines is 6. The summed E-state index contributed by atoms with van der Waals surface area (Å²) in [7, 11) is 0. The Kier molecular flexibility index (Phi) is 9.89. The molecule has 63 heavy (non-hydrogen) atoms. The van der Waals surface area contributed by atoms with Crippen molar-refractivity contribution in [3.8, 4) is 67.1 Å². The Morgan fingerprint density at radius 1 is 0.254 bits per heavy atom. The minimum Gasteiger partial charge on any atom is -0.453 e. The number of hydrogen-bond acceptors (Lipinski definition) is 3. The summed E-state index contributed by atoms with van der Waals surface area (Å²) in [6.07, 6.45) is 0. The largest absolute Gasteiger partial charge is 0.453 e. The van der Waals surface area contributed by atoms with Crippen molar-refractivity contribution >= 4 is 34.1 Å². The molecule has 0 unspecified atom stereocenters. The molecule has 0 aromatic heterocycles. The maximum absolute atomic E-state index is 6.86. The van der Waals surface area contributed by atoms with E-state index in [9.17, 15) is 0 Å². The van der Waals surface area contributed by atoms with Crippen LogP contribution in [0, 0.1) is 0 Å². The van der Waals surface area contributed by atoms with Gasteiger partial charge in [-0.2, -0.15) is 0 Å². The molecule has 3 heteroatoms. The van der Waals surface area contributed by atoms with Crippen molar-refractivity contribution in [2.75, 3.05) is 9.80 Å². The molecular formula is C60H42N2O. The van der Waals surface area contributed by atoms with Gasteiger partial charge in [-0.3, -0.25) is 0 Å². The fraction of sp³-hybridized carbons (Fsp3) is 0. The van der Waals surface area contributed by atoms with E-state index in [1.807, 2.05) is 6.07 Å². The maximum atomic E-state index is 6.86. The average molecular weight is 807 g/mol. The molecule has 1 aliphatic heterocycles. The third-order valence-corrected chi connectivity index (χ3v) is 11.9. The molecule has 11 rings (SSSR count). The van der Waals surface area contributed by atoms with Crippen LogP contribution in [0.1, 0.15) is 0 Å². The highest BCUT2D eigenvalue weighted by atomic mass is 16.5. The summed E-state index contributed by atoms with van der Waals surface area (Å²) >= 11 is 0. The predicted molar refractivity (Wildman–Crippen MR) is 263 cm³/mol. The summed E-state index contributed by atoms with van der Waals surface area (Å²) in [5.74, 6) is 1.62. The molecule has 3 nitrogen and oxygen atoms in total. The van der Waals surface area contributed by atoms with Crippen LogP contribution in [-0.2, 0) is 0 Å². The van der Waals surface area contributed by atoms with E-state index >= 15 is 0 Å². The number of nitrogens with zero attached hydrogens (tertiary/aromatic N) is 2. The zero-order valence-electron chi connectivity index (χ0n) is 34.6. The van der Waals surface area contributed by atoms with Gasteiger partial charge in [0, 0.05) is 22.7 Å². The lowest BCUT2D eigenvalue weighted by Gasteiger charge is -2.33. The van der Waals surface area contributed by atoms with E-state index in [1.165, 1.54) is 33.4 Å². The van der Waals surface area contributed by atoms with Crippen LogP contribution in [0.15, 0.2) is 255 Å². The molecule has 0 saturated heterocycles. The maximum Gasteiger partial charge on any atom is 0.152 e. The summed E-state index contributed by atoms with van der Waals surface area (Å²) in [4.78, 5) is 4.64. The van der Waals surface area contributed by atoms with Gasteiger partial charge in [0.25, 0.3) is 0 Å². The van der Waals surface area contributed by atoms with Crippen LogP contribution in [0.3, 0.4) is 0 Å². The molecule has 0 bridgehead atoms. The molecule has 0 atom stereocenters. The minimum atomic E-state index is 0.806. The quantitative estimate of drug-likeness (QED) is 0.144. The topological polar surface area (TPSA) is 15.7 Å². The Bertz CT molecular complexity index is 3050. The first-order chi connectivity index (χ1) is 31.2. The van der Waals surface area contributed by atoms with Crippen molar-refractivity contribution in [3.05, 3.63) is 255 Å². The van der Waals surface area contributed by atoms with Gasteiger partial charge < -0.3 is 14.5 Å². The SMILES string of the molecule is c1ccc(-c2ccc(N(c3ccc(-c4ccccc4)cc3)c3ccc(-c4ccc5c(c4)Oc4cc(-c6ccccc6)ccc4N5c4ccc(-c5ccccc5)cc4)cc3)cc2)cc1. The van der Waals surface area contributed by atoms with E-state index < -0.39 is 0 Å². The van der Waals surface area contributed by atoms with Gasteiger partial charge in [0.05, 0.1) is 11.4 Å².